The number of nitrogens with zero attached hydrogens (tertiary/aromatic N) is 1. The Labute approximate surface area is 213 Å². The minimum absolute atomic E-state index is 0.0553. The molecule has 9 heteroatoms. The molecule has 1 atom stereocenters. The van der Waals surface area contributed by atoms with Crippen molar-refractivity contribution in [2.75, 3.05) is 19.0 Å². The first-order valence-corrected chi connectivity index (χ1v) is 12.7. The SMILES string of the molecule is CN(C)c1cc2c(cc1-c1ccc(CC3SC(=O)NC3=O)cc1OC(F)(F)F)C(C)(C)CCC2(C)C. The predicted molar refractivity (Wildman–Crippen MR) is 137 cm³/mol. The Bertz CT molecular complexity index is 1220. The van der Waals surface area contributed by atoms with Crippen molar-refractivity contribution in [2.24, 2.45) is 0 Å². The number of amides is 2. The number of anilines is 1. The molecule has 1 N–H and O–H groups in total. The number of rotatable bonds is 5. The van der Waals surface area contributed by atoms with E-state index in [0.29, 0.717) is 16.7 Å². The smallest absolute Gasteiger partial charge is 0.405 e. The number of benzene rings is 2. The van der Waals surface area contributed by atoms with Crippen molar-refractivity contribution in [1.29, 1.82) is 0 Å². The second-order valence-electron chi connectivity index (χ2n) is 11.0. The normalized spacial score (nSPS) is 20.6. The number of fused-ring (bicyclic) bond motifs is 1. The van der Waals surface area contributed by atoms with E-state index >= 15 is 0 Å². The number of alkyl halides is 3. The number of hydrogen-bond acceptors (Lipinski definition) is 5. The van der Waals surface area contributed by atoms with Gasteiger partial charge < -0.3 is 9.64 Å². The Morgan fingerprint density at radius 1 is 1.00 bits per heavy atom. The molecule has 1 saturated heterocycles. The Morgan fingerprint density at radius 3 is 2.14 bits per heavy atom. The number of thioether (sulfide) groups is 1. The zero-order valence-electron chi connectivity index (χ0n) is 21.3. The van der Waals surface area contributed by atoms with E-state index in [1.54, 1.807) is 12.1 Å². The average molecular weight is 521 g/mol. The van der Waals surface area contributed by atoms with Crippen LogP contribution in [0.3, 0.4) is 0 Å². The molecule has 0 bridgehead atoms. The summed E-state index contributed by atoms with van der Waals surface area (Å²) in [5.74, 6) is -0.771. The number of hydrogen-bond donors (Lipinski definition) is 1. The third-order valence-electron chi connectivity index (χ3n) is 7.20. The lowest BCUT2D eigenvalue weighted by Crippen LogP contribution is -2.34. The quantitative estimate of drug-likeness (QED) is 0.484. The molecule has 1 heterocycles. The predicted octanol–water partition coefficient (Wildman–Crippen LogP) is 6.56. The molecule has 2 aliphatic rings. The van der Waals surface area contributed by atoms with Crippen molar-refractivity contribution in [3.63, 3.8) is 0 Å². The Kier molecular flexibility index (Phi) is 6.60. The monoisotopic (exact) mass is 520 g/mol. The number of carbonyl (C=O) groups is 2. The lowest BCUT2D eigenvalue weighted by Gasteiger charge is -2.43. The molecule has 194 valence electrons. The zero-order chi connectivity index (χ0) is 26.6. The summed E-state index contributed by atoms with van der Waals surface area (Å²) in [5, 5.41) is 1.06. The minimum atomic E-state index is -4.89. The van der Waals surface area contributed by atoms with Gasteiger partial charge in [-0.1, -0.05) is 51.6 Å². The highest BCUT2D eigenvalue weighted by Crippen LogP contribution is 2.50. The molecule has 0 radical (unpaired) electrons. The van der Waals surface area contributed by atoms with Crippen LogP contribution in [0.1, 0.15) is 57.2 Å². The second kappa shape index (κ2) is 9.01. The maximum atomic E-state index is 13.5. The first-order valence-electron chi connectivity index (χ1n) is 11.8. The van der Waals surface area contributed by atoms with Crippen LogP contribution >= 0.6 is 11.8 Å². The fraction of sp³-hybridized carbons (Fsp3) is 0.481. The summed E-state index contributed by atoms with van der Waals surface area (Å²) in [6.45, 7) is 8.74. The summed E-state index contributed by atoms with van der Waals surface area (Å²) in [5.41, 5.74) is 4.39. The van der Waals surface area contributed by atoms with Crippen LogP contribution in [-0.2, 0) is 22.0 Å². The Hall–Kier alpha value is -2.68. The van der Waals surface area contributed by atoms with Crippen LogP contribution in [-0.4, -0.2) is 36.9 Å². The van der Waals surface area contributed by atoms with Gasteiger partial charge in [0, 0.05) is 30.9 Å². The standard InChI is InChI=1S/C27H31F3N2O3S/c1-25(2)9-10-26(3,4)19-14-20(32(5)6)17(13-18(19)25)16-8-7-15(11-21(16)35-27(28,29)30)12-22-23(33)31-24(34)36-22/h7-8,11,13-14,22H,9-10,12H2,1-6H3,(H,31,33,34). The van der Waals surface area contributed by atoms with Crippen molar-refractivity contribution >= 4 is 28.6 Å². The maximum Gasteiger partial charge on any atom is 0.573 e. The highest BCUT2D eigenvalue weighted by molar-refractivity contribution is 8.15. The van der Waals surface area contributed by atoms with Crippen molar-refractivity contribution in [1.82, 2.24) is 5.32 Å². The average Bonchev–Trinajstić information content (AvgIpc) is 3.06. The number of ether oxygens (including phenoxy) is 1. The number of carbonyl (C=O) groups excluding carboxylic acids is 2. The maximum absolute atomic E-state index is 13.5. The molecule has 5 nitrogen and oxygen atoms in total. The molecule has 2 aromatic rings. The second-order valence-corrected chi connectivity index (χ2v) is 12.2. The van der Waals surface area contributed by atoms with Gasteiger partial charge in [0.15, 0.2) is 0 Å². The van der Waals surface area contributed by atoms with Gasteiger partial charge in [0.05, 0.1) is 5.25 Å². The van der Waals surface area contributed by atoms with Crippen molar-refractivity contribution < 1.29 is 27.5 Å². The molecule has 1 fully saturated rings. The van der Waals surface area contributed by atoms with Crippen molar-refractivity contribution in [3.8, 4) is 16.9 Å². The Balaban J connectivity index is 1.87. The zero-order valence-corrected chi connectivity index (χ0v) is 22.1. The third kappa shape index (κ3) is 5.21. The van der Waals surface area contributed by atoms with Gasteiger partial charge in [0.25, 0.3) is 5.24 Å². The van der Waals surface area contributed by atoms with Crippen molar-refractivity contribution in [2.45, 2.75) is 69.4 Å². The lowest BCUT2D eigenvalue weighted by molar-refractivity contribution is -0.274. The molecule has 0 aromatic heterocycles. The van der Waals surface area contributed by atoms with Crippen LogP contribution in [0.5, 0.6) is 5.75 Å². The van der Waals surface area contributed by atoms with Gasteiger partial charge in [-0.15, -0.1) is 13.2 Å². The lowest BCUT2D eigenvalue weighted by atomic mass is 9.62. The molecule has 2 aromatic carbocycles. The van der Waals surface area contributed by atoms with E-state index in [0.717, 1.165) is 35.9 Å². The summed E-state index contributed by atoms with van der Waals surface area (Å²) in [6.07, 6.45) is -2.79. The van der Waals surface area contributed by atoms with E-state index in [4.69, 9.17) is 0 Å². The van der Waals surface area contributed by atoms with E-state index in [1.807, 2.05) is 25.1 Å². The van der Waals surface area contributed by atoms with Crippen molar-refractivity contribution in [3.05, 3.63) is 47.0 Å². The van der Waals surface area contributed by atoms with Gasteiger partial charge in [-0.05, 0) is 65.0 Å². The summed E-state index contributed by atoms with van der Waals surface area (Å²) >= 11 is 0.840. The minimum Gasteiger partial charge on any atom is -0.405 e. The molecule has 36 heavy (non-hydrogen) atoms. The molecule has 0 spiro atoms. The fourth-order valence-electron chi connectivity index (χ4n) is 5.06. The highest BCUT2D eigenvalue weighted by Gasteiger charge is 2.39. The first kappa shape index (κ1) is 26.4. The van der Waals surface area contributed by atoms with Crippen LogP contribution in [0, 0.1) is 0 Å². The van der Waals surface area contributed by atoms with Gasteiger partial charge >= 0.3 is 6.36 Å². The molecule has 2 amide bonds. The molecule has 1 aliphatic carbocycles. The molecular formula is C27H31F3N2O3S. The van der Waals surface area contributed by atoms with E-state index in [1.165, 1.54) is 11.6 Å². The number of imide groups is 1. The Morgan fingerprint density at radius 2 is 1.61 bits per heavy atom. The van der Waals surface area contributed by atoms with Gasteiger partial charge in [-0.2, -0.15) is 0 Å². The summed E-state index contributed by atoms with van der Waals surface area (Å²) < 4.78 is 45.0. The first-order chi connectivity index (χ1) is 16.6. The molecular weight excluding hydrogens is 489 g/mol. The van der Waals surface area contributed by atoms with Crippen LogP contribution in [0.2, 0.25) is 0 Å². The number of nitrogens with one attached hydrogen (secondary N) is 1. The molecule has 4 rings (SSSR count). The largest absolute Gasteiger partial charge is 0.573 e. The van der Waals surface area contributed by atoms with Gasteiger partial charge in [-0.3, -0.25) is 14.9 Å². The van der Waals surface area contributed by atoms with Gasteiger partial charge in [-0.25, -0.2) is 0 Å². The summed E-state index contributed by atoms with van der Waals surface area (Å²) in [6, 6.07) is 8.76. The van der Waals surface area contributed by atoms with Crippen LogP contribution in [0.25, 0.3) is 11.1 Å². The van der Waals surface area contributed by atoms with Gasteiger partial charge in [0.1, 0.15) is 5.75 Å². The van der Waals surface area contributed by atoms with Crippen LogP contribution in [0.15, 0.2) is 30.3 Å². The molecule has 1 aliphatic heterocycles. The van der Waals surface area contributed by atoms with E-state index in [2.05, 4.69) is 43.8 Å². The summed E-state index contributed by atoms with van der Waals surface area (Å²) in [4.78, 5) is 25.4. The van der Waals surface area contributed by atoms with E-state index < -0.39 is 22.8 Å². The highest BCUT2D eigenvalue weighted by atomic mass is 32.2. The van der Waals surface area contributed by atoms with E-state index in [-0.39, 0.29) is 23.0 Å². The summed E-state index contributed by atoms with van der Waals surface area (Å²) in [7, 11) is 3.75. The third-order valence-corrected chi connectivity index (χ3v) is 8.18. The topological polar surface area (TPSA) is 58.6 Å². The molecule has 0 saturated carbocycles. The van der Waals surface area contributed by atoms with Crippen LogP contribution in [0.4, 0.5) is 23.7 Å². The van der Waals surface area contributed by atoms with Crippen LogP contribution < -0.4 is 15.0 Å². The fourth-order valence-corrected chi connectivity index (χ4v) is 5.91. The molecule has 1 unspecified atom stereocenters. The number of halogens is 3. The van der Waals surface area contributed by atoms with Gasteiger partial charge in [0.2, 0.25) is 5.91 Å². The van der Waals surface area contributed by atoms with E-state index in [9.17, 15) is 22.8 Å².